The van der Waals surface area contributed by atoms with Crippen LogP contribution in [-0.4, -0.2) is 74.2 Å². The van der Waals surface area contributed by atoms with Gasteiger partial charge in [-0.2, -0.15) is 9.97 Å². The van der Waals surface area contributed by atoms with Gasteiger partial charge in [0, 0.05) is 57.4 Å². The Morgan fingerprint density at radius 3 is 2.24 bits per heavy atom. The van der Waals surface area contributed by atoms with Crippen LogP contribution in [-0.2, 0) is 14.9 Å². The van der Waals surface area contributed by atoms with Crippen LogP contribution in [0.15, 0.2) is 36.4 Å². The van der Waals surface area contributed by atoms with Gasteiger partial charge in [-0.15, -0.1) is 0 Å². The largest absolute Gasteiger partial charge is 0.381 e. The third kappa shape index (κ3) is 6.51. The van der Waals surface area contributed by atoms with Crippen molar-refractivity contribution < 1.29 is 9.47 Å². The molecule has 0 bridgehead atoms. The van der Waals surface area contributed by atoms with Gasteiger partial charge in [-0.25, -0.2) is 0 Å². The monoisotopic (exact) mass is 524 g/mol. The minimum Gasteiger partial charge on any atom is -0.381 e. The first-order chi connectivity index (χ1) is 18.0. The highest BCUT2D eigenvalue weighted by Crippen LogP contribution is 2.34. The SMILES string of the molecule is CC1CC(C)CN(c2cc(N3CCOCC3)nc(NC(=S)NCC3(c4ccccc4)CCOCC3)n2)C1. The number of nitrogens with one attached hydrogen (secondary N) is 2. The minimum absolute atomic E-state index is 0.00695. The average molecular weight is 525 g/mol. The second kappa shape index (κ2) is 11.9. The third-order valence-electron chi connectivity index (χ3n) is 7.88. The Labute approximate surface area is 226 Å². The summed E-state index contributed by atoms with van der Waals surface area (Å²) in [5, 5.41) is 7.35. The predicted molar refractivity (Wildman–Crippen MR) is 153 cm³/mol. The Kier molecular flexibility index (Phi) is 8.42. The summed E-state index contributed by atoms with van der Waals surface area (Å²) in [6.07, 6.45) is 3.18. The van der Waals surface area contributed by atoms with Gasteiger partial charge in [-0.05, 0) is 48.9 Å². The fraction of sp³-hybridized carbons (Fsp3) is 0.607. The molecular formula is C28H40N6O2S. The molecule has 4 heterocycles. The molecular weight excluding hydrogens is 484 g/mol. The van der Waals surface area contributed by atoms with Crippen molar-refractivity contribution in [1.29, 1.82) is 0 Å². The van der Waals surface area contributed by atoms with Crippen LogP contribution in [0.2, 0.25) is 0 Å². The van der Waals surface area contributed by atoms with Crippen molar-refractivity contribution in [2.75, 3.05) is 74.3 Å². The van der Waals surface area contributed by atoms with Crippen molar-refractivity contribution in [3.8, 4) is 0 Å². The van der Waals surface area contributed by atoms with Crippen LogP contribution in [0.3, 0.4) is 0 Å². The van der Waals surface area contributed by atoms with Gasteiger partial charge in [0.2, 0.25) is 5.95 Å². The number of nitrogens with zero attached hydrogens (tertiary/aromatic N) is 4. The quantitative estimate of drug-likeness (QED) is 0.549. The lowest BCUT2D eigenvalue weighted by Crippen LogP contribution is -2.45. The van der Waals surface area contributed by atoms with Gasteiger partial charge in [0.05, 0.1) is 13.2 Å². The number of ether oxygens (including phenoxy) is 2. The minimum atomic E-state index is -0.00695. The molecule has 1 aromatic carbocycles. The summed E-state index contributed by atoms with van der Waals surface area (Å²) in [5.74, 6) is 3.71. The summed E-state index contributed by atoms with van der Waals surface area (Å²) in [4.78, 5) is 14.5. The Bertz CT molecular complexity index is 1030. The maximum Gasteiger partial charge on any atom is 0.232 e. The molecule has 2 N–H and O–H groups in total. The summed E-state index contributed by atoms with van der Waals surface area (Å²) in [6.45, 7) is 12.0. The number of hydrogen-bond donors (Lipinski definition) is 2. The van der Waals surface area contributed by atoms with Crippen LogP contribution in [0, 0.1) is 11.8 Å². The van der Waals surface area contributed by atoms with E-state index >= 15 is 0 Å². The Morgan fingerprint density at radius 1 is 0.946 bits per heavy atom. The molecule has 8 nitrogen and oxygen atoms in total. The van der Waals surface area contributed by atoms with Crippen LogP contribution < -0.4 is 20.4 Å². The second-order valence-corrected chi connectivity index (χ2v) is 11.3. The van der Waals surface area contributed by atoms with Crippen molar-refractivity contribution in [2.45, 2.75) is 38.5 Å². The number of anilines is 3. The standard InChI is InChI=1S/C28H40N6O2S/c1-21-16-22(2)19-34(18-21)25-17-24(33-10-14-36-15-11-33)30-26(31-25)32-27(37)29-20-28(8-12-35-13-9-28)23-6-4-3-5-7-23/h3-7,17,21-22H,8-16,18-20H2,1-2H3,(H2,29,30,31,32,37). The van der Waals surface area contributed by atoms with Gasteiger partial charge in [-0.3, -0.25) is 0 Å². The molecule has 2 unspecified atom stereocenters. The molecule has 0 spiro atoms. The molecule has 0 radical (unpaired) electrons. The van der Waals surface area contributed by atoms with Crippen molar-refractivity contribution in [3.05, 3.63) is 42.0 Å². The van der Waals surface area contributed by atoms with Crippen LogP contribution in [0.5, 0.6) is 0 Å². The first kappa shape index (κ1) is 26.1. The normalized spacial score (nSPS) is 23.9. The van der Waals surface area contributed by atoms with E-state index in [9.17, 15) is 0 Å². The molecule has 0 saturated carbocycles. The fourth-order valence-electron chi connectivity index (χ4n) is 5.96. The van der Waals surface area contributed by atoms with Crippen LogP contribution in [0.4, 0.5) is 17.6 Å². The average Bonchev–Trinajstić information content (AvgIpc) is 2.93. The number of piperidine rings is 1. The highest BCUT2D eigenvalue weighted by Gasteiger charge is 2.34. The highest BCUT2D eigenvalue weighted by molar-refractivity contribution is 7.80. The van der Waals surface area contributed by atoms with Gasteiger partial charge >= 0.3 is 0 Å². The van der Waals surface area contributed by atoms with Crippen molar-refractivity contribution >= 4 is 34.9 Å². The van der Waals surface area contributed by atoms with E-state index in [4.69, 9.17) is 31.7 Å². The number of morpholine rings is 1. The van der Waals surface area contributed by atoms with Gasteiger partial charge in [0.15, 0.2) is 5.11 Å². The van der Waals surface area contributed by atoms with E-state index in [0.717, 1.165) is 70.4 Å². The molecule has 5 rings (SSSR count). The first-order valence-electron chi connectivity index (χ1n) is 13.7. The van der Waals surface area contributed by atoms with Crippen LogP contribution in [0.25, 0.3) is 0 Å². The zero-order valence-corrected chi connectivity index (χ0v) is 22.9. The number of thiocarbonyl (C=S) groups is 1. The lowest BCUT2D eigenvalue weighted by atomic mass is 9.74. The topological polar surface area (TPSA) is 74.8 Å². The van der Waals surface area contributed by atoms with Crippen molar-refractivity contribution in [3.63, 3.8) is 0 Å². The fourth-order valence-corrected chi connectivity index (χ4v) is 6.12. The maximum atomic E-state index is 5.76. The highest BCUT2D eigenvalue weighted by atomic mass is 32.1. The molecule has 3 saturated heterocycles. The molecule has 37 heavy (non-hydrogen) atoms. The Morgan fingerprint density at radius 2 is 1.57 bits per heavy atom. The third-order valence-corrected chi connectivity index (χ3v) is 8.12. The molecule has 2 aromatic rings. The number of rotatable bonds is 6. The zero-order chi connectivity index (χ0) is 25.7. The maximum absolute atomic E-state index is 5.76. The van der Waals surface area contributed by atoms with E-state index in [1.807, 2.05) is 0 Å². The molecule has 3 aliphatic rings. The smallest absolute Gasteiger partial charge is 0.232 e. The molecule has 3 aliphatic heterocycles. The van der Waals surface area contributed by atoms with Crippen molar-refractivity contribution in [1.82, 2.24) is 15.3 Å². The molecule has 0 aliphatic carbocycles. The number of benzene rings is 1. The molecule has 200 valence electrons. The molecule has 3 fully saturated rings. The number of hydrogen-bond acceptors (Lipinski definition) is 7. The van der Waals surface area contributed by atoms with E-state index in [-0.39, 0.29) is 5.41 Å². The Hall–Kier alpha value is -2.49. The van der Waals surface area contributed by atoms with E-state index in [1.165, 1.54) is 12.0 Å². The van der Waals surface area contributed by atoms with Gasteiger partial charge < -0.3 is 29.9 Å². The van der Waals surface area contributed by atoms with Crippen molar-refractivity contribution in [2.24, 2.45) is 11.8 Å². The molecule has 9 heteroatoms. The van der Waals surface area contributed by atoms with E-state index in [0.29, 0.717) is 36.1 Å². The Balaban J connectivity index is 1.33. The van der Waals surface area contributed by atoms with Gasteiger partial charge in [-0.1, -0.05) is 44.2 Å². The molecule has 0 amide bonds. The summed E-state index contributed by atoms with van der Waals surface area (Å²) < 4.78 is 11.3. The summed E-state index contributed by atoms with van der Waals surface area (Å²) in [6, 6.07) is 12.8. The number of aromatic nitrogens is 2. The van der Waals surface area contributed by atoms with Gasteiger partial charge in [0.1, 0.15) is 11.6 Å². The van der Waals surface area contributed by atoms with E-state index < -0.39 is 0 Å². The predicted octanol–water partition coefficient (Wildman–Crippen LogP) is 3.83. The zero-order valence-electron chi connectivity index (χ0n) is 22.1. The second-order valence-electron chi connectivity index (χ2n) is 10.9. The van der Waals surface area contributed by atoms with E-state index in [2.05, 4.69) is 70.7 Å². The summed E-state index contributed by atoms with van der Waals surface area (Å²) in [5.41, 5.74) is 1.32. The molecule has 2 atom stereocenters. The first-order valence-corrected chi connectivity index (χ1v) is 14.1. The lowest BCUT2D eigenvalue weighted by Gasteiger charge is -2.38. The summed E-state index contributed by atoms with van der Waals surface area (Å²) >= 11 is 5.76. The van der Waals surface area contributed by atoms with E-state index in [1.54, 1.807) is 0 Å². The molecule has 1 aromatic heterocycles. The summed E-state index contributed by atoms with van der Waals surface area (Å²) in [7, 11) is 0. The van der Waals surface area contributed by atoms with Crippen LogP contribution >= 0.6 is 12.2 Å². The lowest BCUT2D eigenvalue weighted by molar-refractivity contribution is 0.0515. The van der Waals surface area contributed by atoms with Gasteiger partial charge in [0.25, 0.3) is 0 Å². The van der Waals surface area contributed by atoms with Crippen LogP contribution in [0.1, 0.15) is 38.7 Å².